The number of carbonyl (C=O) groups excluding carboxylic acids is 1. The van der Waals surface area contributed by atoms with E-state index in [1.165, 1.54) is 6.20 Å². The lowest BCUT2D eigenvalue weighted by Crippen LogP contribution is -2.18. The Balaban J connectivity index is 2.93. The van der Waals surface area contributed by atoms with E-state index in [1.54, 1.807) is 14.0 Å². The summed E-state index contributed by atoms with van der Waals surface area (Å²) in [6.07, 6.45) is -3.09. The lowest BCUT2D eigenvalue weighted by atomic mass is 10.2. The van der Waals surface area contributed by atoms with Crippen molar-refractivity contribution in [2.24, 2.45) is 0 Å². The normalized spacial score (nSPS) is 13.6. The molecular weight excluding hydrogens is 355 g/mol. The zero-order valence-corrected chi connectivity index (χ0v) is 13.8. The van der Waals surface area contributed by atoms with Gasteiger partial charge < -0.3 is 15.7 Å². The van der Waals surface area contributed by atoms with Crippen LogP contribution in [0.2, 0.25) is 5.02 Å². The number of hydrogen-bond acceptors (Lipinski definition) is 5. The first kappa shape index (κ1) is 19.6. The minimum Gasteiger partial charge on any atom is -0.393 e. The highest BCUT2D eigenvalue weighted by Gasteiger charge is 2.34. The molecule has 1 amide bonds. The van der Waals surface area contributed by atoms with Gasteiger partial charge in [-0.3, -0.25) is 4.79 Å². The largest absolute Gasteiger partial charge is 0.418 e. The molecule has 1 atom stereocenters. The van der Waals surface area contributed by atoms with E-state index in [2.05, 4.69) is 15.6 Å². The Morgan fingerprint density at radius 2 is 2.22 bits per heavy atom. The van der Waals surface area contributed by atoms with Crippen molar-refractivity contribution in [1.29, 1.82) is 0 Å². The highest BCUT2D eigenvalue weighted by atomic mass is 35.5. The minimum atomic E-state index is -4.65. The molecule has 3 N–H and O–H groups in total. The van der Waals surface area contributed by atoms with Crippen LogP contribution in [0, 0.1) is 0 Å². The van der Waals surface area contributed by atoms with Gasteiger partial charge in [0.25, 0.3) is 5.91 Å². The minimum absolute atomic E-state index is 0.193. The molecule has 1 aromatic heterocycles. The summed E-state index contributed by atoms with van der Waals surface area (Å²) in [7, 11) is 1.57. The average Bonchev–Trinajstić information content (AvgIpc) is 2.44. The number of thioether (sulfide) groups is 1. The van der Waals surface area contributed by atoms with Crippen LogP contribution in [0.15, 0.2) is 23.4 Å². The van der Waals surface area contributed by atoms with Gasteiger partial charge in [-0.1, -0.05) is 11.6 Å². The van der Waals surface area contributed by atoms with Gasteiger partial charge in [0.05, 0.1) is 21.6 Å². The summed E-state index contributed by atoms with van der Waals surface area (Å²) in [6.45, 7) is 1.55. The van der Waals surface area contributed by atoms with E-state index in [9.17, 15) is 23.1 Å². The Morgan fingerprint density at radius 1 is 1.57 bits per heavy atom. The molecule has 0 fully saturated rings. The molecule has 0 aliphatic rings. The first-order chi connectivity index (χ1) is 10.6. The number of nitrogens with zero attached hydrogens (tertiary/aromatic N) is 1. The number of anilines is 1. The van der Waals surface area contributed by atoms with Crippen molar-refractivity contribution in [3.63, 3.8) is 0 Å². The second-order valence-electron chi connectivity index (χ2n) is 4.46. The topological polar surface area (TPSA) is 74.2 Å². The van der Waals surface area contributed by atoms with Gasteiger partial charge in [-0.25, -0.2) is 4.98 Å². The molecule has 0 aromatic carbocycles. The molecule has 1 aromatic rings. The number of nitrogens with one attached hydrogen (secondary N) is 2. The molecule has 0 radical (unpaired) electrons. The van der Waals surface area contributed by atoms with E-state index < -0.39 is 28.8 Å². The van der Waals surface area contributed by atoms with Crippen LogP contribution in [0.4, 0.5) is 19.0 Å². The van der Waals surface area contributed by atoms with Crippen molar-refractivity contribution in [3.8, 4) is 0 Å². The summed E-state index contributed by atoms with van der Waals surface area (Å²) in [5.74, 6) is -0.665. The van der Waals surface area contributed by atoms with Gasteiger partial charge >= 0.3 is 6.18 Å². The lowest BCUT2D eigenvalue weighted by Gasteiger charge is -2.12. The number of aromatic nitrogens is 1. The molecule has 0 spiro atoms. The predicted octanol–water partition coefficient (Wildman–Crippen LogP) is 2.87. The maximum Gasteiger partial charge on any atom is 0.418 e. The summed E-state index contributed by atoms with van der Waals surface area (Å²) in [4.78, 5) is 15.9. The molecule has 5 nitrogen and oxygen atoms in total. The van der Waals surface area contributed by atoms with E-state index in [-0.39, 0.29) is 16.5 Å². The Morgan fingerprint density at radius 3 is 2.74 bits per heavy atom. The van der Waals surface area contributed by atoms with E-state index in [0.717, 1.165) is 18.0 Å². The van der Waals surface area contributed by atoms with Gasteiger partial charge in [0, 0.05) is 25.2 Å². The van der Waals surface area contributed by atoms with Crippen LogP contribution in [0.5, 0.6) is 0 Å². The van der Waals surface area contributed by atoms with Gasteiger partial charge in [0.1, 0.15) is 5.82 Å². The summed E-state index contributed by atoms with van der Waals surface area (Å²) < 4.78 is 38.3. The Hall–Kier alpha value is -1.45. The third-order valence-corrected chi connectivity index (χ3v) is 3.95. The number of alkyl halides is 3. The van der Waals surface area contributed by atoms with Crippen LogP contribution in [-0.4, -0.2) is 34.9 Å². The third-order valence-electron chi connectivity index (χ3n) is 2.38. The molecule has 0 saturated heterocycles. The number of carbonyl (C=O) groups is 1. The number of amides is 1. The molecule has 1 rings (SSSR count). The summed E-state index contributed by atoms with van der Waals surface area (Å²) >= 11 is 6.52. The maximum absolute atomic E-state index is 12.8. The highest BCUT2D eigenvalue weighted by Crippen LogP contribution is 2.35. The van der Waals surface area contributed by atoms with Crippen LogP contribution in [0.3, 0.4) is 0 Å². The first-order valence-corrected chi connectivity index (χ1v) is 7.74. The number of aliphatic hydroxyl groups excluding tert-OH is 1. The van der Waals surface area contributed by atoms with Crippen molar-refractivity contribution >= 4 is 35.1 Å². The van der Waals surface area contributed by atoms with Crippen LogP contribution in [0.25, 0.3) is 0 Å². The molecule has 1 heterocycles. The number of hydrogen-bond donors (Lipinski definition) is 3. The fraction of sp³-hybridized carbons (Fsp3) is 0.385. The average molecular weight is 370 g/mol. The zero-order valence-electron chi connectivity index (χ0n) is 12.2. The van der Waals surface area contributed by atoms with Crippen LogP contribution in [0.1, 0.15) is 12.5 Å². The van der Waals surface area contributed by atoms with E-state index in [0.29, 0.717) is 6.07 Å². The maximum atomic E-state index is 12.8. The standard InChI is InChI=1S/C13H15ClF3N3O2S/c1-7(21)6-23-10(5-18-2)12(22)20-11-3-8(13(15,16)17)9(14)4-19-11/h3-5,7,18,21H,6H2,1-2H3,(H,19,20,22)/b10-5-. The van der Waals surface area contributed by atoms with Crippen molar-refractivity contribution < 1.29 is 23.1 Å². The van der Waals surface area contributed by atoms with Crippen molar-refractivity contribution in [2.75, 3.05) is 18.1 Å². The molecule has 0 aliphatic carbocycles. The van der Waals surface area contributed by atoms with Crippen molar-refractivity contribution in [3.05, 3.63) is 34.0 Å². The quantitative estimate of drug-likeness (QED) is 0.672. The third kappa shape index (κ3) is 6.28. The Kier molecular flexibility index (Phi) is 7.17. The number of rotatable bonds is 6. The molecule has 23 heavy (non-hydrogen) atoms. The Bertz CT molecular complexity index is 594. The first-order valence-electron chi connectivity index (χ1n) is 6.37. The van der Waals surface area contributed by atoms with Gasteiger partial charge in [0.2, 0.25) is 0 Å². The molecule has 0 bridgehead atoms. The number of aliphatic hydroxyl groups is 1. The molecule has 10 heteroatoms. The lowest BCUT2D eigenvalue weighted by molar-refractivity contribution is -0.137. The second kappa shape index (κ2) is 8.42. The van der Waals surface area contributed by atoms with Crippen molar-refractivity contribution in [1.82, 2.24) is 10.3 Å². The van der Waals surface area contributed by atoms with Crippen molar-refractivity contribution in [2.45, 2.75) is 19.2 Å². The predicted molar refractivity (Wildman–Crippen MR) is 84.2 cm³/mol. The molecular formula is C13H15ClF3N3O2S. The van der Waals surface area contributed by atoms with Gasteiger partial charge in [-0.05, 0) is 13.0 Å². The van der Waals surface area contributed by atoms with Gasteiger partial charge in [-0.15, -0.1) is 11.8 Å². The fourth-order valence-corrected chi connectivity index (χ4v) is 2.43. The van der Waals surface area contributed by atoms with Crippen LogP contribution in [-0.2, 0) is 11.0 Å². The SMILES string of the molecule is CN/C=C(\SCC(C)O)C(=O)Nc1cc(C(F)(F)F)c(Cl)cn1. The monoisotopic (exact) mass is 369 g/mol. The van der Waals surface area contributed by atoms with E-state index in [1.807, 2.05) is 0 Å². The Labute approximate surface area is 140 Å². The van der Waals surface area contributed by atoms with Crippen LogP contribution < -0.4 is 10.6 Å². The second-order valence-corrected chi connectivity index (χ2v) is 5.93. The van der Waals surface area contributed by atoms with E-state index >= 15 is 0 Å². The fourth-order valence-electron chi connectivity index (χ4n) is 1.42. The molecule has 0 aliphatic heterocycles. The number of pyridine rings is 1. The zero-order chi connectivity index (χ0) is 17.6. The van der Waals surface area contributed by atoms with Crippen LogP contribution >= 0.6 is 23.4 Å². The summed E-state index contributed by atoms with van der Waals surface area (Å²) in [6, 6.07) is 0.663. The highest BCUT2D eigenvalue weighted by molar-refractivity contribution is 8.04. The number of halogens is 4. The summed E-state index contributed by atoms with van der Waals surface area (Å²) in [5.41, 5.74) is -1.08. The van der Waals surface area contributed by atoms with E-state index in [4.69, 9.17) is 11.6 Å². The van der Waals surface area contributed by atoms with Gasteiger partial charge in [-0.2, -0.15) is 13.2 Å². The van der Waals surface area contributed by atoms with Gasteiger partial charge in [0.15, 0.2) is 0 Å². The molecule has 0 saturated carbocycles. The molecule has 1 unspecified atom stereocenters. The summed E-state index contributed by atoms with van der Waals surface area (Å²) in [5, 5.41) is 13.6. The smallest absolute Gasteiger partial charge is 0.393 e. The molecule has 128 valence electrons.